The van der Waals surface area contributed by atoms with Gasteiger partial charge in [-0.15, -0.1) is 0 Å². The summed E-state index contributed by atoms with van der Waals surface area (Å²) in [6.45, 7) is 3.81. The lowest BCUT2D eigenvalue weighted by Crippen LogP contribution is -2.33. The molecule has 6 nitrogen and oxygen atoms in total. The Morgan fingerprint density at radius 1 is 1.16 bits per heavy atom. The first-order valence-electron chi connectivity index (χ1n) is 10.2. The molecule has 0 saturated heterocycles. The van der Waals surface area contributed by atoms with Crippen LogP contribution in [0.25, 0.3) is 0 Å². The number of aromatic nitrogens is 1. The van der Waals surface area contributed by atoms with Gasteiger partial charge in [-0.05, 0) is 66.9 Å². The fourth-order valence-corrected chi connectivity index (χ4v) is 4.98. The molecule has 1 amide bonds. The van der Waals surface area contributed by atoms with Crippen LogP contribution in [-0.4, -0.2) is 32.5 Å². The van der Waals surface area contributed by atoms with Crippen molar-refractivity contribution in [1.29, 1.82) is 0 Å². The lowest BCUT2D eigenvalue weighted by Gasteiger charge is -2.19. The van der Waals surface area contributed by atoms with E-state index in [1.54, 1.807) is 42.6 Å². The van der Waals surface area contributed by atoms with Crippen LogP contribution < -0.4 is 10.1 Å². The van der Waals surface area contributed by atoms with Crippen molar-refractivity contribution in [2.75, 3.05) is 13.2 Å². The zero-order valence-electron chi connectivity index (χ0n) is 17.9. The first-order chi connectivity index (χ1) is 15.3. The number of halogens is 1. The van der Waals surface area contributed by atoms with Gasteiger partial charge in [0.25, 0.3) is 0 Å². The van der Waals surface area contributed by atoms with Gasteiger partial charge in [-0.2, -0.15) is 0 Å². The second kappa shape index (κ2) is 10.4. The Labute approximate surface area is 187 Å². The number of sulfone groups is 1. The molecular formula is C24H25FN2O4S. The van der Waals surface area contributed by atoms with Crippen LogP contribution in [0, 0.1) is 12.7 Å². The van der Waals surface area contributed by atoms with E-state index >= 15 is 0 Å². The average molecular weight is 457 g/mol. The van der Waals surface area contributed by atoms with Crippen molar-refractivity contribution in [3.63, 3.8) is 0 Å². The summed E-state index contributed by atoms with van der Waals surface area (Å²) >= 11 is 0. The van der Waals surface area contributed by atoms with E-state index in [9.17, 15) is 17.6 Å². The molecule has 0 radical (unpaired) electrons. The number of ether oxygens (including phenoxy) is 1. The Morgan fingerprint density at radius 2 is 1.91 bits per heavy atom. The number of carbonyl (C=O) groups excluding carboxylic acids is 1. The van der Waals surface area contributed by atoms with Gasteiger partial charge in [0, 0.05) is 18.9 Å². The Balaban J connectivity index is 1.78. The lowest BCUT2D eigenvalue weighted by molar-refractivity contribution is -0.120. The van der Waals surface area contributed by atoms with Crippen molar-refractivity contribution in [2.24, 2.45) is 0 Å². The normalized spacial score (nSPS) is 12.2. The summed E-state index contributed by atoms with van der Waals surface area (Å²) in [7, 11) is -3.91. The second-order valence-corrected chi connectivity index (χ2v) is 9.42. The highest BCUT2D eigenvalue weighted by Gasteiger charge is 2.30. The number of hydrogen-bond acceptors (Lipinski definition) is 5. The summed E-state index contributed by atoms with van der Waals surface area (Å²) in [4.78, 5) is 16.5. The molecule has 3 aromatic rings. The first-order valence-corrected chi connectivity index (χ1v) is 11.7. The van der Waals surface area contributed by atoms with Crippen molar-refractivity contribution in [3.05, 3.63) is 89.5 Å². The molecule has 1 aromatic heterocycles. The van der Waals surface area contributed by atoms with E-state index < -0.39 is 20.9 Å². The van der Waals surface area contributed by atoms with Crippen molar-refractivity contribution in [2.45, 2.75) is 30.4 Å². The number of pyridine rings is 1. The van der Waals surface area contributed by atoms with Crippen molar-refractivity contribution in [3.8, 4) is 5.75 Å². The van der Waals surface area contributed by atoms with E-state index in [2.05, 4.69) is 10.3 Å². The number of nitrogens with zero attached hydrogens (tertiary/aromatic N) is 1. The molecule has 1 N–H and O–H groups in total. The number of aryl methyl sites for hydroxylation is 1. The summed E-state index contributed by atoms with van der Waals surface area (Å²) in [6.07, 6.45) is 3.10. The molecule has 0 bridgehead atoms. The maximum absolute atomic E-state index is 13.7. The van der Waals surface area contributed by atoms with Crippen LogP contribution in [0.3, 0.4) is 0 Å². The zero-order chi connectivity index (χ0) is 23.1. The number of rotatable bonds is 9. The Hall–Kier alpha value is -3.26. The molecule has 8 heteroatoms. The monoisotopic (exact) mass is 456 g/mol. The van der Waals surface area contributed by atoms with Gasteiger partial charge in [0.15, 0.2) is 9.84 Å². The zero-order valence-corrected chi connectivity index (χ0v) is 18.7. The van der Waals surface area contributed by atoms with Crippen LogP contribution >= 0.6 is 0 Å². The molecule has 0 aliphatic carbocycles. The van der Waals surface area contributed by atoms with Gasteiger partial charge >= 0.3 is 0 Å². The number of nitrogens with one attached hydrogen (secondary N) is 1. The number of amides is 1. The third-order valence-corrected chi connectivity index (χ3v) is 7.07. The fraction of sp³-hybridized carbons (Fsp3) is 0.250. The SMILES string of the molecule is CCOc1ccc(CC(=O)NCC(c2cccnc2)S(=O)(=O)c2ccc(F)c(C)c2)cc1. The van der Waals surface area contributed by atoms with E-state index in [4.69, 9.17) is 4.74 Å². The molecule has 168 valence electrons. The van der Waals surface area contributed by atoms with Crippen molar-refractivity contribution in [1.82, 2.24) is 10.3 Å². The van der Waals surface area contributed by atoms with Gasteiger partial charge in [0.2, 0.25) is 5.91 Å². The number of hydrogen-bond donors (Lipinski definition) is 1. The van der Waals surface area contributed by atoms with Crippen LogP contribution in [0.4, 0.5) is 4.39 Å². The van der Waals surface area contributed by atoms with Gasteiger partial charge in [-0.1, -0.05) is 18.2 Å². The lowest BCUT2D eigenvalue weighted by atomic mass is 10.1. The first kappa shape index (κ1) is 23.4. The van der Waals surface area contributed by atoms with Crippen molar-refractivity contribution < 1.29 is 22.3 Å². The summed E-state index contributed by atoms with van der Waals surface area (Å²) in [6, 6.07) is 14.1. The maximum Gasteiger partial charge on any atom is 0.224 e. The van der Waals surface area contributed by atoms with Gasteiger partial charge in [0.05, 0.1) is 17.9 Å². The second-order valence-electron chi connectivity index (χ2n) is 7.29. The third-order valence-electron chi connectivity index (χ3n) is 4.97. The van der Waals surface area contributed by atoms with Gasteiger partial charge in [-0.25, -0.2) is 12.8 Å². The Kier molecular flexibility index (Phi) is 7.58. The highest BCUT2D eigenvalue weighted by molar-refractivity contribution is 7.91. The molecule has 1 unspecified atom stereocenters. The molecular weight excluding hydrogens is 431 g/mol. The number of benzene rings is 2. The van der Waals surface area contributed by atoms with Crippen LogP contribution in [0.2, 0.25) is 0 Å². The van der Waals surface area contributed by atoms with Gasteiger partial charge < -0.3 is 10.1 Å². The molecule has 1 heterocycles. The summed E-state index contributed by atoms with van der Waals surface area (Å²) in [5, 5.41) is 1.66. The van der Waals surface area contributed by atoms with E-state index in [0.717, 1.165) is 11.6 Å². The van der Waals surface area contributed by atoms with Crippen LogP contribution in [0.5, 0.6) is 5.75 Å². The highest BCUT2D eigenvalue weighted by Crippen LogP contribution is 2.29. The predicted molar refractivity (Wildman–Crippen MR) is 120 cm³/mol. The summed E-state index contributed by atoms with van der Waals surface area (Å²) in [5.41, 5.74) is 1.45. The molecule has 3 rings (SSSR count). The molecule has 0 spiro atoms. The molecule has 0 aliphatic heterocycles. The van der Waals surface area contributed by atoms with E-state index in [1.807, 2.05) is 6.92 Å². The third kappa shape index (κ3) is 5.70. The minimum absolute atomic E-state index is 0.00832. The molecule has 0 aliphatic rings. The average Bonchev–Trinajstić information content (AvgIpc) is 2.78. The predicted octanol–water partition coefficient (Wildman–Crippen LogP) is 3.80. The Bertz CT molecular complexity index is 1170. The summed E-state index contributed by atoms with van der Waals surface area (Å²) < 4.78 is 45.8. The van der Waals surface area contributed by atoms with E-state index in [0.29, 0.717) is 17.9 Å². The van der Waals surface area contributed by atoms with Crippen LogP contribution in [-0.2, 0) is 21.1 Å². The van der Waals surface area contributed by atoms with Crippen molar-refractivity contribution >= 4 is 15.7 Å². The largest absolute Gasteiger partial charge is 0.494 e. The van der Waals surface area contributed by atoms with Crippen LogP contribution in [0.15, 0.2) is 71.9 Å². The fourth-order valence-electron chi connectivity index (χ4n) is 3.26. The molecule has 1 atom stereocenters. The van der Waals surface area contributed by atoms with Gasteiger partial charge in [0.1, 0.15) is 16.8 Å². The molecule has 0 saturated carbocycles. The maximum atomic E-state index is 13.7. The Morgan fingerprint density at radius 3 is 2.53 bits per heavy atom. The van der Waals surface area contributed by atoms with Gasteiger partial charge in [-0.3, -0.25) is 9.78 Å². The molecule has 32 heavy (non-hydrogen) atoms. The molecule has 2 aromatic carbocycles. The number of carbonyl (C=O) groups is 1. The highest BCUT2D eigenvalue weighted by atomic mass is 32.2. The van der Waals surface area contributed by atoms with E-state index in [-0.39, 0.29) is 29.3 Å². The smallest absolute Gasteiger partial charge is 0.224 e. The van der Waals surface area contributed by atoms with E-state index in [1.165, 1.54) is 25.3 Å². The molecule has 0 fully saturated rings. The van der Waals surface area contributed by atoms with Crippen LogP contribution in [0.1, 0.15) is 28.9 Å². The minimum Gasteiger partial charge on any atom is -0.494 e. The minimum atomic E-state index is -3.91. The standard InChI is InChI=1S/C24H25FN2O4S/c1-3-31-20-8-6-18(7-9-20)14-24(28)27-16-23(19-5-4-12-26-15-19)32(29,30)21-10-11-22(25)17(2)13-21/h4-13,15,23H,3,14,16H2,1-2H3,(H,27,28). The topological polar surface area (TPSA) is 85.4 Å². The quantitative estimate of drug-likeness (QED) is 0.495. The summed E-state index contributed by atoms with van der Waals surface area (Å²) in [5.74, 6) is -0.0759.